The maximum Gasteiger partial charge on any atom is 0.166 e. The van der Waals surface area contributed by atoms with Gasteiger partial charge in [-0.3, -0.25) is 0 Å². The van der Waals surface area contributed by atoms with Crippen molar-refractivity contribution in [1.29, 1.82) is 0 Å². The summed E-state index contributed by atoms with van der Waals surface area (Å²) in [4.78, 5) is 0. The van der Waals surface area contributed by atoms with Crippen LogP contribution in [0.3, 0.4) is 0 Å². The fraction of sp³-hybridized carbons (Fsp3) is 0.0588. The molecule has 3 aromatic carbocycles. The summed E-state index contributed by atoms with van der Waals surface area (Å²) in [7, 11) is 0. The second-order valence-electron chi connectivity index (χ2n) is 4.65. The topological polar surface area (TPSA) is 35.2 Å². The highest BCUT2D eigenvalue weighted by Gasteiger charge is 2.09. The fourth-order valence-corrected chi connectivity index (χ4v) is 2.61. The Bertz CT molecular complexity index is 804. The molecule has 4 heteroatoms. The van der Waals surface area contributed by atoms with Crippen LogP contribution in [0.2, 0.25) is 0 Å². The lowest BCUT2D eigenvalue weighted by atomic mass is 10.0. The van der Waals surface area contributed by atoms with Crippen LogP contribution in [-0.4, -0.2) is 0 Å². The van der Waals surface area contributed by atoms with Gasteiger partial charge in [0.25, 0.3) is 0 Å². The molecule has 0 saturated heterocycles. The molecule has 0 aliphatic heterocycles. The van der Waals surface area contributed by atoms with Gasteiger partial charge in [-0.25, -0.2) is 4.39 Å². The highest BCUT2D eigenvalue weighted by atomic mass is 79.9. The molecule has 106 valence electrons. The molecule has 0 atom stereocenters. The molecule has 21 heavy (non-hydrogen) atoms. The van der Waals surface area contributed by atoms with Crippen LogP contribution in [0, 0.1) is 5.82 Å². The van der Waals surface area contributed by atoms with Gasteiger partial charge in [0.05, 0.1) is 0 Å². The molecule has 0 amide bonds. The molecule has 3 aromatic rings. The van der Waals surface area contributed by atoms with Crippen molar-refractivity contribution in [3.8, 4) is 11.5 Å². The third-order valence-electron chi connectivity index (χ3n) is 3.31. The van der Waals surface area contributed by atoms with E-state index in [1.54, 1.807) is 12.1 Å². The van der Waals surface area contributed by atoms with Crippen molar-refractivity contribution in [2.45, 2.75) is 6.54 Å². The monoisotopic (exact) mass is 345 g/mol. The first-order valence-electron chi connectivity index (χ1n) is 6.52. The SMILES string of the molecule is NCc1ccc(Oc2ccc(Br)cc2F)c2ccccc12. The molecule has 3 rings (SSSR count). The molecule has 0 fully saturated rings. The van der Waals surface area contributed by atoms with Crippen molar-refractivity contribution in [2.75, 3.05) is 0 Å². The van der Waals surface area contributed by atoms with Gasteiger partial charge < -0.3 is 10.5 Å². The molecule has 0 aromatic heterocycles. The van der Waals surface area contributed by atoms with E-state index in [4.69, 9.17) is 10.5 Å². The first-order valence-corrected chi connectivity index (χ1v) is 7.32. The molecule has 0 aliphatic rings. The summed E-state index contributed by atoms with van der Waals surface area (Å²) in [5.74, 6) is 0.407. The second-order valence-corrected chi connectivity index (χ2v) is 5.57. The van der Waals surface area contributed by atoms with Crippen LogP contribution in [0.15, 0.2) is 59.1 Å². The Balaban J connectivity index is 2.09. The zero-order valence-electron chi connectivity index (χ0n) is 11.1. The van der Waals surface area contributed by atoms with Gasteiger partial charge in [-0.15, -0.1) is 0 Å². The van der Waals surface area contributed by atoms with Gasteiger partial charge in [-0.2, -0.15) is 0 Å². The molecule has 0 bridgehead atoms. The van der Waals surface area contributed by atoms with Crippen LogP contribution in [-0.2, 0) is 6.54 Å². The van der Waals surface area contributed by atoms with E-state index in [0.717, 1.165) is 16.3 Å². The van der Waals surface area contributed by atoms with E-state index >= 15 is 0 Å². The third kappa shape index (κ3) is 2.77. The van der Waals surface area contributed by atoms with Gasteiger partial charge in [0.15, 0.2) is 11.6 Å². The van der Waals surface area contributed by atoms with Gasteiger partial charge in [0.1, 0.15) is 5.75 Å². The number of ether oxygens (including phenoxy) is 1. The number of nitrogens with two attached hydrogens (primary N) is 1. The maximum absolute atomic E-state index is 13.9. The zero-order chi connectivity index (χ0) is 14.8. The lowest BCUT2D eigenvalue weighted by molar-refractivity contribution is 0.446. The van der Waals surface area contributed by atoms with Crippen molar-refractivity contribution in [2.24, 2.45) is 5.73 Å². The highest BCUT2D eigenvalue weighted by molar-refractivity contribution is 9.10. The number of hydrogen-bond donors (Lipinski definition) is 1. The average Bonchev–Trinajstić information content (AvgIpc) is 2.50. The van der Waals surface area contributed by atoms with Crippen molar-refractivity contribution in [3.05, 3.63) is 70.5 Å². The summed E-state index contributed by atoms with van der Waals surface area (Å²) in [6, 6.07) is 16.3. The average molecular weight is 346 g/mol. The van der Waals surface area contributed by atoms with Crippen LogP contribution in [0.25, 0.3) is 10.8 Å². The molecule has 2 nitrogen and oxygen atoms in total. The van der Waals surface area contributed by atoms with Gasteiger partial charge in [0, 0.05) is 16.4 Å². The van der Waals surface area contributed by atoms with E-state index < -0.39 is 5.82 Å². The molecule has 0 unspecified atom stereocenters. The van der Waals surface area contributed by atoms with Crippen molar-refractivity contribution < 1.29 is 9.13 Å². The Morgan fingerprint density at radius 3 is 2.38 bits per heavy atom. The van der Waals surface area contributed by atoms with Crippen LogP contribution in [0.5, 0.6) is 11.5 Å². The predicted molar refractivity (Wildman–Crippen MR) is 86.0 cm³/mol. The molecular weight excluding hydrogens is 333 g/mol. The van der Waals surface area contributed by atoms with Crippen molar-refractivity contribution in [1.82, 2.24) is 0 Å². The molecule has 0 aliphatic carbocycles. The summed E-state index contributed by atoms with van der Waals surface area (Å²) in [6.45, 7) is 0.452. The van der Waals surface area contributed by atoms with E-state index in [1.165, 1.54) is 6.07 Å². The Morgan fingerprint density at radius 2 is 1.67 bits per heavy atom. The van der Waals surface area contributed by atoms with E-state index in [0.29, 0.717) is 16.8 Å². The first kappa shape index (κ1) is 14.0. The van der Waals surface area contributed by atoms with Gasteiger partial charge in [-0.05, 0) is 35.2 Å². The third-order valence-corrected chi connectivity index (χ3v) is 3.80. The number of rotatable bonds is 3. The largest absolute Gasteiger partial charge is 0.454 e. The van der Waals surface area contributed by atoms with Crippen LogP contribution < -0.4 is 10.5 Å². The Kier molecular flexibility index (Phi) is 3.90. The fourth-order valence-electron chi connectivity index (χ4n) is 2.28. The molecule has 0 saturated carbocycles. The van der Waals surface area contributed by atoms with Crippen LogP contribution in [0.1, 0.15) is 5.56 Å². The van der Waals surface area contributed by atoms with E-state index in [2.05, 4.69) is 15.9 Å². The Hall–Kier alpha value is -1.91. The minimum Gasteiger partial charge on any atom is -0.454 e. The molecule has 0 spiro atoms. The molecule has 2 N–H and O–H groups in total. The first-order chi connectivity index (χ1) is 10.2. The predicted octanol–water partition coefficient (Wildman–Crippen LogP) is 4.99. The number of hydrogen-bond acceptors (Lipinski definition) is 2. The number of benzene rings is 3. The second kappa shape index (κ2) is 5.84. The quantitative estimate of drug-likeness (QED) is 0.725. The molecular formula is C17H13BrFNO. The van der Waals surface area contributed by atoms with Gasteiger partial charge in [-0.1, -0.05) is 46.3 Å². The zero-order valence-corrected chi connectivity index (χ0v) is 12.7. The summed E-state index contributed by atoms with van der Waals surface area (Å²) >= 11 is 3.23. The lowest BCUT2D eigenvalue weighted by Gasteiger charge is -2.12. The van der Waals surface area contributed by atoms with Gasteiger partial charge in [0.2, 0.25) is 0 Å². The normalized spacial score (nSPS) is 10.8. The summed E-state index contributed by atoms with van der Waals surface area (Å²) in [5.41, 5.74) is 6.79. The molecule has 0 radical (unpaired) electrons. The van der Waals surface area contributed by atoms with Crippen molar-refractivity contribution in [3.63, 3.8) is 0 Å². The smallest absolute Gasteiger partial charge is 0.166 e. The number of halogens is 2. The van der Waals surface area contributed by atoms with Crippen LogP contribution in [0.4, 0.5) is 4.39 Å². The Labute approximate surface area is 130 Å². The minimum atomic E-state index is -0.406. The Morgan fingerprint density at radius 1 is 0.952 bits per heavy atom. The summed E-state index contributed by atoms with van der Waals surface area (Å²) in [6.07, 6.45) is 0. The minimum absolute atomic E-state index is 0.198. The summed E-state index contributed by atoms with van der Waals surface area (Å²) in [5, 5.41) is 1.94. The highest BCUT2D eigenvalue weighted by Crippen LogP contribution is 2.33. The maximum atomic E-state index is 13.9. The van der Waals surface area contributed by atoms with Crippen molar-refractivity contribution >= 4 is 26.7 Å². The van der Waals surface area contributed by atoms with E-state index in [1.807, 2.05) is 36.4 Å². The van der Waals surface area contributed by atoms with Crippen LogP contribution >= 0.6 is 15.9 Å². The standard InChI is InChI=1S/C17H13BrFNO/c18-12-6-8-17(15(19)9-12)21-16-7-5-11(10-20)13-3-1-2-4-14(13)16/h1-9H,10,20H2. The molecule has 0 heterocycles. The summed E-state index contributed by atoms with van der Waals surface area (Å²) < 4.78 is 20.3. The van der Waals surface area contributed by atoms with Gasteiger partial charge >= 0.3 is 0 Å². The lowest BCUT2D eigenvalue weighted by Crippen LogP contribution is -1.98. The van der Waals surface area contributed by atoms with E-state index in [9.17, 15) is 4.39 Å². The number of fused-ring (bicyclic) bond motifs is 1. The van der Waals surface area contributed by atoms with E-state index in [-0.39, 0.29) is 5.75 Å².